The van der Waals surface area contributed by atoms with Crippen LogP contribution in [0.15, 0.2) is 42.5 Å². The molecule has 0 aliphatic rings. The first-order chi connectivity index (χ1) is 10.2. The van der Waals surface area contributed by atoms with Crippen LogP contribution in [0, 0.1) is 6.92 Å². The average Bonchev–Trinajstić information content (AvgIpc) is 2.90. The van der Waals surface area contributed by atoms with E-state index in [0.29, 0.717) is 13.1 Å². The van der Waals surface area contributed by atoms with E-state index in [0.717, 1.165) is 13.0 Å². The topological polar surface area (TPSA) is 32.3 Å². The molecule has 0 radical (unpaired) electrons. The monoisotopic (exact) mass is 302 g/mol. The summed E-state index contributed by atoms with van der Waals surface area (Å²) in [7, 11) is 1.81. The number of benzene rings is 1. The van der Waals surface area contributed by atoms with Crippen LogP contribution in [0.25, 0.3) is 0 Å². The molecule has 1 heterocycles. The fourth-order valence-corrected chi connectivity index (χ4v) is 3.13. The van der Waals surface area contributed by atoms with Crippen LogP contribution in [-0.4, -0.2) is 30.9 Å². The normalized spacial score (nSPS) is 10.6. The number of nitrogens with one attached hydrogen (secondary N) is 1. The van der Waals surface area contributed by atoms with Crippen molar-refractivity contribution in [3.05, 3.63) is 57.8 Å². The number of thiophene rings is 1. The Bertz CT molecular complexity index is 565. The summed E-state index contributed by atoms with van der Waals surface area (Å²) in [5.74, 6) is 0.152. The Morgan fingerprint density at radius 3 is 2.57 bits per heavy atom. The van der Waals surface area contributed by atoms with E-state index in [1.807, 2.05) is 30.1 Å². The molecular weight excluding hydrogens is 280 g/mol. The molecule has 2 rings (SSSR count). The van der Waals surface area contributed by atoms with Gasteiger partial charge in [0.15, 0.2) is 0 Å². The molecule has 0 unspecified atom stereocenters. The first-order valence-corrected chi connectivity index (χ1v) is 8.02. The van der Waals surface area contributed by atoms with Gasteiger partial charge in [0, 0.05) is 16.3 Å². The first-order valence-electron chi connectivity index (χ1n) is 7.20. The number of rotatable bonds is 7. The van der Waals surface area contributed by atoms with Gasteiger partial charge in [0.2, 0.25) is 5.91 Å². The minimum atomic E-state index is 0.152. The molecular formula is C17H22N2OS. The molecule has 1 aromatic carbocycles. The van der Waals surface area contributed by atoms with E-state index in [9.17, 15) is 4.79 Å². The molecule has 112 valence electrons. The van der Waals surface area contributed by atoms with Crippen LogP contribution >= 0.6 is 11.3 Å². The maximum absolute atomic E-state index is 12.2. The van der Waals surface area contributed by atoms with Crippen molar-refractivity contribution in [1.29, 1.82) is 0 Å². The minimum Gasteiger partial charge on any atom is -0.336 e. The smallest absolute Gasteiger partial charge is 0.236 e. The van der Waals surface area contributed by atoms with Crippen molar-refractivity contribution in [2.75, 3.05) is 20.1 Å². The number of amides is 1. The highest BCUT2D eigenvalue weighted by atomic mass is 32.1. The summed E-state index contributed by atoms with van der Waals surface area (Å²) in [4.78, 5) is 16.7. The van der Waals surface area contributed by atoms with Gasteiger partial charge in [-0.1, -0.05) is 30.3 Å². The molecule has 0 atom stereocenters. The van der Waals surface area contributed by atoms with Crippen molar-refractivity contribution in [1.82, 2.24) is 10.2 Å². The van der Waals surface area contributed by atoms with Crippen molar-refractivity contribution in [3.63, 3.8) is 0 Å². The second-order valence-electron chi connectivity index (χ2n) is 5.09. The minimum absolute atomic E-state index is 0.152. The Labute approximate surface area is 130 Å². The second kappa shape index (κ2) is 7.96. The van der Waals surface area contributed by atoms with E-state index in [2.05, 4.69) is 36.5 Å². The Kier molecular flexibility index (Phi) is 5.96. The lowest BCUT2D eigenvalue weighted by Gasteiger charge is -2.22. The molecule has 0 saturated carbocycles. The Morgan fingerprint density at radius 2 is 1.95 bits per heavy atom. The zero-order valence-electron chi connectivity index (χ0n) is 12.6. The maximum atomic E-state index is 12.2. The number of aryl methyl sites for hydroxylation is 1. The van der Waals surface area contributed by atoms with Gasteiger partial charge in [-0.05, 0) is 38.1 Å². The van der Waals surface area contributed by atoms with Gasteiger partial charge in [0.1, 0.15) is 0 Å². The second-order valence-corrected chi connectivity index (χ2v) is 6.47. The molecule has 2 aromatic rings. The van der Waals surface area contributed by atoms with E-state index in [1.165, 1.54) is 15.3 Å². The van der Waals surface area contributed by atoms with Crippen LogP contribution < -0.4 is 5.32 Å². The SMILES string of the molecule is CNCC(=O)N(CCc1ccccc1)Cc1ccc(C)s1. The third kappa shape index (κ3) is 4.99. The highest BCUT2D eigenvalue weighted by Gasteiger charge is 2.14. The predicted octanol–water partition coefficient (Wildman–Crippen LogP) is 2.85. The zero-order valence-corrected chi connectivity index (χ0v) is 13.5. The quantitative estimate of drug-likeness (QED) is 0.853. The third-order valence-corrected chi connectivity index (χ3v) is 4.32. The molecule has 3 nitrogen and oxygen atoms in total. The van der Waals surface area contributed by atoms with E-state index >= 15 is 0 Å². The van der Waals surface area contributed by atoms with E-state index in [-0.39, 0.29) is 5.91 Å². The van der Waals surface area contributed by atoms with Gasteiger partial charge in [-0.2, -0.15) is 0 Å². The Hall–Kier alpha value is -1.65. The van der Waals surface area contributed by atoms with Gasteiger partial charge in [-0.3, -0.25) is 4.79 Å². The lowest BCUT2D eigenvalue weighted by Crippen LogP contribution is -2.37. The van der Waals surface area contributed by atoms with E-state index in [1.54, 1.807) is 11.3 Å². The largest absolute Gasteiger partial charge is 0.336 e. The summed E-state index contributed by atoms with van der Waals surface area (Å²) in [6.45, 7) is 3.93. The Balaban J connectivity index is 1.99. The molecule has 0 fully saturated rings. The van der Waals surface area contributed by atoms with Crippen molar-refractivity contribution in [3.8, 4) is 0 Å². The lowest BCUT2D eigenvalue weighted by atomic mass is 10.1. The van der Waals surface area contributed by atoms with Crippen molar-refractivity contribution < 1.29 is 4.79 Å². The molecule has 0 saturated heterocycles. The van der Waals surface area contributed by atoms with Crippen LogP contribution in [0.3, 0.4) is 0 Å². The number of likely N-dealkylation sites (N-methyl/N-ethyl adjacent to an activating group) is 1. The molecule has 1 aromatic heterocycles. The molecule has 0 aliphatic carbocycles. The number of carbonyl (C=O) groups is 1. The fraction of sp³-hybridized carbons (Fsp3) is 0.353. The van der Waals surface area contributed by atoms with E-state index in [4.69, 9.17) is 0 Å². The van der Waals surface area contributed by atoms with Crippen LogP contribution in [0.5, 0.6) is 0 Å². The van der Waals surface area contributed by atoms with Crippen molar-refractivity contribution >= 4 is 17.2 Å². The maximum Gasteiger partial charge on any atom is 0.236 e. The van der Waals surface area contributed by atoms with Gasteiger partial charge in [-0.15, -0.1) is 11.3 Å². The predicted molar refractivity (Wildman–Crippen MR) is 88.5 cm³/mol. The Morgan fingerprint density at radius 1 is 1.19 bits per heavy atom. The van der Waals surface area contributed by atoms with E-state index < -0.39 is 0 Å². The molecule has 1 N–H and O–H groups in total. The molecule has 4 heteroatoms. The van der Waals surface area contributed by atoms with Crippen molar-refractivity contribution in [2.45, 2.75) is 19.9 Å². The summed E-state index contributed by atoms with van der Waals surface area (Å²) in [6, 6.07) is 14.5. The number of carbonyl (C=O) groups excluding carboxylic acids is 1. The van der Waals surface area contributed by atoms with Crippen LogP contribution in [0.2, 0.25) is 0 Å². The van der Waals surface area contributed by atoms with Gasteiger partial charge in [0.25, 0.3) is 0 Å². The van der Waals surface area contributed by atoms with Gasteiger partial charge in [-0.25, -0.2) is 0 Å². The molecule has 21 heavy (non-hydrogen) atoms. The zero-order chi connectivity index (χ0) is 15.1. The number of hydrogen-bond donors (Lipinski definition) is 1. The van der Waals surface area contributed by atoms with Gasteiger partial charge in [0.05, 0.1) is 13.1 Å². The molecule has 0 aliphatic heterocycles. The van der Waals surface area contributed by atoms with Crippen LogP contribution in [0.1, 0.15) is 15.3 Å². The average molecular weight is 302 g/mol. The first kappa shape index (κ1) is 15.7. The lowest BCUT2D eigenvalue weighted by molar-refractivity contribution is -0.130. The fourth-order valence-electron chi connectivity index (χ4n) is 2.22. The van der Waals surface area contributed by atoms with Crippen LogP contribution in [-0.2, 0) is 17.8 Å². The molecule has 1 amide bonds. The summed E-state index contributed by atoms with van der Waals surface area (Å²) in [5.41, 5.74) is 1.27. The standard InChI is InChI=1S/C17H22N2OS/c1-14-8-9-16(21-14)13-19(17(20)12-18-2)11-10-15-6-4-3-5-7-15/h3-9,18H,10-13H2,1-2H3. The third-order valence-electron chi connectivity index (χ3n) is 3.34. The highest BCUT2D eigenvalue weighted by Crippen LogP contribution is 2.17. The number of nitrogens with zero attached hydrogens (tertiary/aromatic N) is 1. The number of hydrogen-bond acceptors (Lipinski definition) is 3. The van der Waals surface area contributed by atoms with Gasteiger partial charge < -0.3 is 10.2 Å². The summed E-state index contributed by atoms with van der Waals surface area (Å²) in [5, 5.41) is 2.95. The summed E-state index contributed by atoms with van der Waals surface area (Å²) >= 11 is 1.76. The van der Waals surface area contributed by atoms with Crippen LogP contribution in [0.4, 0.5) is 0 Å². The highest BCUT2D eigenvalue weighted by molar-refractivity contribution is 7.11. The van der Waals surface area contributed by atoms with Gasteiger partial charge >= 0.3 is 0 Å². The molecule has 0 bridgehead atoms. The van der Waals surface area contributed by atoms with Crippen molar-refractivity contribution in [2.24, 2.45) is 0 Å². The molecule has 0 spiro atoms. The summed E-state index contributed by atoms with van der Waals surface area (Å²) in [6.07, 6.45) is 0.890. The summed E-state index contributed by atoms with van der Waals surface area (Å²) < 4.78 is 0.